The Hall–Kier alpha value is -2.87. The van der Waals surface area contributed by atoms with E-state index in [2.05, 4.69) is 5.32 Å². The molecule has 0 fully saturated rings. The minimum atomic E-state index is -0.536. The van der Waals surface area contributed by atoms with Gasteiger partial charge in [-0.05, 0) is 49.6 Å². The van der Waals surface area contributed by atoms with Crippen molar-refractivity contribution in [1.29, 1.82) is 5.26 Å². The van der Waals surface area contributed by atoms with E-state index in [0.717, 1.165) is 11.1 Å². The summed E-state index contributed by atoms with van der Waals surface area (Å²) in [6, 6.07) is 13.7. The first-order valence-electron chi connectivity index (χ1n) is 7.54. The quantitative estimate of drug-likeness (QED) is 0.910. The summed E-state index contributed by atoms with van der Waals surface area (Å²) < 4.78 is 18.8. The smallest absolute Gasteiger partial charge is 0.407 e. The molecule has 0 heterocycles. The fourth-order valence-corrected chi connectivity index (χ4v) is 2.09. The van der Waals surface area contributed by atoms with Crippen LogP contribution >= 0.6 is 0 Å². The number of alkyl carbamates (subject to hydrolysis) is 1. The second kappa shape index (κ2) is 7.14. The van der Waals surface area contributed by atoms with Crippen molar-refractivity contribution in [2.24, 2.45) is 0 Å². The predicted octanol–water partition coefficient (Wildman–Crippen LogP) is 4.39. The largest absolute Gasteiger partial charge is 0.444 e. The maximum atomic E-state index is 13.7. The predicted molar refractivity (Wildman–Crippen MR) is 89.6 cm³/mol. The second-order valence-electron chi connectivity index (χ2n) is 6.36. The van der Waals surface area contributed by atoms with Crippen LogP contribution in [0.4, 0.5) is 9.18 Å². The van der Waals surface area contributed by atoms with Gasteiger partial charge in [-0.1, -0.05) is 30.3 Å². The van der Waals surface area contributed by atoms with Crippen LogP contribution in [0.15, 0.2) is 42.5 Å². The number of rotatable bonds is 3. The van der Waals surface area contributed by atoms with Crippen LogP contribution < -0.4 is 5.32 Å². The molecule has 5 heteroatoms. The van der Waals surface area contributed by atoms with Gasteiger partial charge in [0.1, 0.15) is 17.5 Å². The molecular weight excluding hydrogens is 307 g/mol. The van der Waals surface area contributed by atoms with Crippen LogP contribution in [0.25, 0.3) is 11.1 Å². The average Bonchev–Trinajstić information content (AvgIpc) is 2.52. The number of nitrogens with zero attached hydrogens (tertiary/aromatic N) is 1. The highest BCUT2D eigenvalue weighted by Crippen LogP contribution is 2.22. The molecule has 2 aromatic carbocycles. The topological polar surface area (TPSA) is 62.1 Å². The molecule has 0 aliphatic rings. The second-order valence-corrected chi connectivity index (χ2v) is 6.36. The van der Waals surface area contributed by atoms with E-state index in [0.29, 0.717) is 12.1 Å². The van der Waals surface area contributed by atoms with Crippen molar-refractivity contribution in [2.75, 3.05) is 0 Å². The van der Waals surface area contributed by atoms with Gasteiger partial charge in [-0.15, -0.1) is 0 Å². The zero-order chi connectivity index (χ0) is 17.7. The molecule has 0 aliphatic heterocycles. The van der Waals surface area contributed by atoms with E-state index < -0.39 is 17.5 Å². The third-order valence-corrected chi connectivity index (χ3v) is 3.21. The average molecular weight is 326 g/mol. The summed E-state index contributed by atoms with van der Waals surface area (Å²) in [6.45, 7) is 5.76. The summed E-state index contributed by atoms with van der Waals surface area (Å²) in [6.07, 6.45) is -0.472. The highest BCUT2D eigenvalue weighted by Gasteiger charge is 2.15. The number of carbonyl (C=O) groups is 1. The molecule has 0 atom stereocenters. The van der Waals surface area contributed by atoms with Crippen molar-refractivity contribution < 1.29 is 13.9 Å². The van der Waals surface area contributed by atoms with E-state index in [1.807, 2.05) is 24.3 Å². The first kappa shape index (κ1) is 17.5. The lowest BCUT2D eigenvalue weighted by Crippen LogP contribution is -2.32. The fourth-order valence-electron chi connectivity index (χ4n) is 2.09. The van der Waals surface area contributed by atoms with Crippen LogP contribution in [0, 0.1) is 17.1 Å². The molecule has 0 saturated carbocycles. The molecule has 124 valence electrons. The first-order valence-corrected chi connectivity index (χ1v) is 7.54. The van der Waals surface area contributed by atoms with E-state index in [9.17, 15) is 9.18 Å². The van der Waals surface area contributed by atoms with Crippen molar-refractivity contribution in [3.05, 3.63) is 59.4 Å². The molecule has 4 nitrogen and oxygen atoms in total. The minimum Gasteiger partial charge on any atom is -0.444 e. The summed E-state index contributed by atoms with van der Waals surface area (Å²) in [5.74, 6) is -0.536. The summed E-state index contributed by atoms with van der Waals surface area (Å²) in [5.41, 5.74) is 1.92. The molecule has 2 aromatic rings. The van der Waals surface area contributed by atoms with Crippen LogP contribution in [-0.4, -0.2) is 11.7 Å². The normalized spacial score (nSPS) is 10.8. The zero-order valence-corrected chi connectivity index (χ0v) is 13.9. The van der Waals surface area contributed by atoms with E-state index in [4.69, 9.17) is 10.00 Å². The highest BCUT2D eigenvalue weighted by molar-refractivity contribution is 5.68. The van der Waals surface area contributed by atoms with Gasteiger partial charge in [-0.25, -0.2) is 9.18 Å². The van der Waals surface area contributed by atoms with Crippen LogP contribution in [-0.2, 0) is 11.3 Å². The van der Waals surface area contributed by atoms with Gasteiger partial charge in [0.05, 0.1) is 5.56 Å². The molecule has 0 aromatic heterocycles. The Morgan fingerprint density at radius 1 is 1.17 bits per heavy atom. The first-order chi connectivity index (χ1) is 11.3. The van der Waals surface area contributed by atoms with Crippen molar-refractivity contribution in [2.45, 2.75) is 32.9 Å². The fraction of sp³-hybridized carbons (Fsp3) is 0.263. The van der Waals surface area contributed by atoms with Crippen LogP contribution in [0.3, 0.4) is 0 Å². The molecule has 0 spiro atoms. The molecule has 1 N–H and O–H groups in total. The number of halogens is 1. The molecule has 24 heavy (non-hydrogen) atoms. The van der Waals surface area contributed by atoms with Gasteiger partial charge in [0.15, 0.2) is 0 Å². The van der Waals surface area contributed by atoms with Gasteiger partial charge < -0.3 is 10.1 Å². The van der Waals surface area contributed by atoms with Gasteiger partial charge in [-0.2, -0.15) is 5.26 Å². The number of benzene rings is 2. The molecule has 0 saturated heterocycles. The van der Waals surface area contributed by atoms with E-state index in [1.54, 1.807) is 32.9 Å². The Morgan fingerprint density at radius 3 is 2.33 bits per heavy atom. The summed E-state index contributed by atoms with van der Waals surface area (Å²) in [5, 5.41) is 11.4. The van der Waals surface area contributed by atoms with Crippen molar-refractivity contribution in [3.63, 3.8) is 0 Å². The third kappa shape index (κ3) is 4.82. The summed E-state index contributed by atoms with van der Waals surface area (Å²) >= 11 is 0. The lowest BCUT2D eigenvalue weighted by Gasteiger charge is -2.19. The summed E-state index contributed by atoms with van der Waals surface area (Å²) in [4.78, 5) is 11.6. The van der Waals surface area contributed by atoms with Crippen molar-refractivity contribution >= 4 is 6.09 Å². The number of amides is 1. The minimum absolute atomic E-state index is 0.0249. The lowest BCUT2D eigenvalue weighted by atomic mass is 10.0. The molecule has 1 amide bonds. The number of hydrogen-bond donors (Lipinski definition) is 1. The maximum absolute atomic E-state index is 13.7. The third-order valence-electron chi connectivity index (χ3n) is 3.21. The number of nitriles is 1. The number of hydrogen-bond acceptors (Lipinski definition) is 3. The Kier molecular flexibility index (Phi) is 5.20. The maximum Gasteiger partial charge on any atom is 0.407 e. The van der Waals surface area contributed by atoms with Crippen LogP contribution in [0.1, 0.15) is 31.9 Å². The molecular formula is C19H19FN2O2. The number of carbonyl (C=O) groups excluding carboxylic acids is 1. The standard InChI is InChI=1S/C19H19FN2O2/c1-19(2,3)24-18(23)22-12-13-4-6-14(7-5-13)15-8-9-16(11-21)17(20)10-15/h4-10H,12H2,1-3H3,(H,22,23). The number of ether oxygens (including phenoxy) is 1. The Morgan fingerprint density at radius 2 is 1.79 bits per heavy atom. The molecule has 0 bridgehead atoms. The summed E-state index contributed by atoms with van der Waals surface area (Å²) in [7, 11) is 0. The van der Waals surface area contributed by atoms with Gasteiger partial charge in [0.2, 0.25) is 0 Å². The van der Waals surface area contributed by atoms with Crippen LogP contribution in [0.5, 0.6) is 0 Å². The molecule has 0 aliphatic carbocycles. The van der Waals surface area contributed by atoms with Crippen LogP contribution in [0.2, 0.25) is 0 Å². The Bertz CT molecular complexity index is 771. The molecule has 2 rings (SSSR count). The number of nitrogens with one attached hydrogen (secondary N) is 1. The van der Waals surface area contributed by atoms with Gasteiger partial charge >= 0.3 is 6.09 Å². The van der Waals surface area contributed by atoms with Gasteiger partial charge in [0.25, 0.3) is 0 Å². The zero-order valence-electron chi connectivity index (χ0n) is 13.9. The van der Waals surface area contributed by atoms with Crippen molar-refractivity contribution in [1.82, 2.24) is 5.32 Å². The Balaban J connectivity index is 2.02. The monoisotopic (exact) mass is 326 g/mol. The van der Waals surface area contributed by atoms with Crippen molar-refractivity contribution in [3.8, 4) is 17.2 Å². The van der Waals surface area contributed by atoms with E-state index in [1.165, 1.54) is 12.1 Å². The van der Waals surface area contributed by atoms with Gasteiger partial charge in [0, 0.05) is 6.54 Å². The Labute approximate surface area is 140 Å². The highest BCUT2D eigenvalue weighted by atomic mass is 19.1. The molecule has 0 unspecified atom stereocenters. The van der Waals surface area contributed by atoms with E-state index >= 15 is 0 Å². The lowest BCUT2D eigenvalue weighted by molar-refractivity contribution is 0.0523. The SMILES string of the molecule is CC(C)(C)OC(=O)NCc1ccc(-c2ccc(C#N)c(F)c2)cc1. The van der Waals surface area contributed by atoms with E-state index in [-0.39, 0.29) is 5.56 Å². The molecule has 0 radical (unpaired) electrons. The van der Waals surface area contributed by atoms with Gasteiger partial charge in [-0.3, -0.25) is 0 Å².